The van der Waals surface area contributed by atoms with E-state index in [1.165, 1.54) is 0 Å². The smallest absolute Gasteiger partial charge is 0.242 e. The van der Waals surface area contributed by atoms with Crippen molar-refractivity contribution in [2.24, 2.45) is 0 Å². The highest BCUT2D eigenvalue weighted by atomic mass is 32.2. The Morgan fingerprint density at radius 3 is 1.57 bits per heavy atom. The van der Waals surface area contributed by atoms with E-state index >= 15 is 0 Å². The van der Waals surface area contributed by atoms with Crippen LogP contribution < -0.4 is 5.43 Å². The van der Waals surface area contributed by atoms with E-state index in [9.17, 15) is 31.8 Å². The number of aromatic hydroxyl groups is 2. The maximum atomic E-state index is 12.5. The molecule has 28 heavy (non-hydrogen) atoms. The van der Waals surface area contributed by atoms with Crippen molar-refractivity contribution in [3.63, 3.8) is 0 Å². The summed E-state index contributed by atoms with van der Waals surface area (Å²) in [5.74, 6) is -2.92. The first-order valence-corrected chi connectivity index (χ1v) is 12.9. The zero-order valence-electron chi connectivity index (χ0n) is 16.5. The second kappa shape index (κ2) is 10.8. The van der Waals surface area contributed by atoms with Crippen LogP contribution in [0.4, 0.5) is 0 Å². The van der Waals surface area contributed by atoms with E-state index in [-0.39, 0.29) is 11.5 Å². The van der Waals surface area contributed by atoms with Crippen molar-refractivity contribution in [1.82, 2.24) is 0 Å². The SMILES string of the molecule is CCCCCCS(=O)(=O)c1ccc(S(=O)(=O)CCCCCC)c(=O)c(O)c1O. The summed E-state index contributed by atoms with van der Waals surface area (Å²) in [6, 6.07) is 1.76. The molecule has 1 aromatic rings. The Morgan fingerprint density at radius 2 is 1.11 bits per heavy atom. The molecule has 0 aromatic heterocycles. The molecule has 0 aliphatic heterocycles. The monoisotopic (exact) mass is 434 g/mol. The largest absolute Gasteiger partial charge is 0.503 e. The van der Waals surface area contributed by atoms with Crippen LogP contribution in [-0.2, 0) is 19.7 Å². The fraction of sp³-hybridized carbons (Fsp3) is 0.632. The molecule has 0 fully saturated rings. The van der Waals surface area contributed by atoms with Gasteiger partial charge in [-0.3, -0.25) is 4.79 Å². The van der Waals surface area contributed by atoms with Crippen LogP contribution in [0.5, 0.6) is 11.5 Å². The van der Waals surface area contributed by atoms with Gasteiger partial charge in [0.25, 0.3) is 0 Å². The lowest BCUT2D eigenvalue weighted by Gasteiger charge is -2.04. The number of hydrogen-bond acceptors (Lipinski definition) is 7. The van der Waals surface area contributed by atoms with Crippen LogP contribution in [-0.4, -0.2) is 38.6 Å². The third-order valence-corrected chi connectivity index (χ3v) is 8.13. The number of hydrogen-bond donors (Lipinski definition) is 2. The fourth-order valence-corrected chi connectivity index (χ4v) is 5.73. The van der Waals surface area contributed by atoms with Gasteiger partial charge in [-0.05, 0) is 25.0 Å². The summed E-state index contributed by atoms with van der Waals surface area (Å²) in [6.07, 6.45) is 5.64. The van der Waals surface area contributed by atoms with Gasteiger partial charge in [-0.25, -0.2) is 16.8 Å². The molecule has 0 unspecified atom stereocenters. The minimum Gasteiger partial charge on any atom is -0.503 e. The van der Waals surface area contributed by atoms with Gasteiger partial charge in [0.1, 0.15) is 9.79 Å². The molecule has 0 spiro atoms. The van der Waals surface area contributed by atoms with Crippen molar-refractivity contribution in [2.45, 2.75) is 75.0 Å². The van der Waals surface area contributed by atoms with Gasteiger partial charge < -0.3 is 10.2 Å². The predicted octanol–water partition coefficient (Wildman–Crippen LogP) is 3.17. The molecular formula is C19H30O7S2. The molecule has 0 radical (unpaired) electrons. The average Bonchev–Trinajstić information content (AvgIpc) is 2.74. The summed E-state index contributed by atoms with van der Waals surface area (Å²) >= 11 is 0. The van der Waals surface area contributed by atoms with E-state index in [1.54, 1.807) is 0 Å². The second-order valence-corrected chi connectivity index (χ2v) is 11.0. The molecule has 0 bridgehead atoms. The van der Waals surface area contributed by atoms with Gasteiger partial charge >= 0.3 is 0 Å². The first-order chi connectivity index (χ1) is 13.1. The van der Waals surface area contributed by atoms with Crippen molar-refractivity contribution in [3.8, 4) is 11.5 Å². The topological polar surface area (TPSA) is 126 Å². The summed E-state index contributed by atoms with van der Waals surface area (Å²) in [4.78, 5) is 11.0. The molecule has 0 saturated heterocycles. The second-order valence-electron chi connectivity index (χ2n) is 6.85. The van der Waals surface area contributed by atoms with Crippen LogP contribution in [0.25, 0.3) is 0 Å². The van der Waals surface area contributed by atoms with Gasteiger partial charge in [0.15, 0.2) is 25.4 Å². The molecule has 0 aliphatic rings. The van der Waals surface area contributed by atoms with E-state index in [1.807, 2.05) is 13.8 Å². The molecule has 160 valence electrons. The highest BCUT2D eigenvalue weighted by Crippen LogP contribution is 2.31. The van der Waals surface area contributed by atoms with Gasteiger partial charge in [-0.15, -0.1) is 0 Å². The highest BCUT2D eigenvalue weighted by Gasteiger charge is 2.26. The summed E-state index contributed by atoms with van der Waals surface area (Å²) in [7, 11) is -8.00. The lowest BCUT2D eigenvalue weighted by atomic mass is 10.2. The molecule has 0 saturated carbocycles. The molecule has 0 atom stereocenters. The fourth-order valence-electron chi connectivity index (χ4n) is 2.80. The maximum absolute atomic E-state index is 12.5. The first-order valence-electron chi connectivity index (χ1n) is 9.63. The van der Waals surface area contributed by atoms with Crippen LogP contribution in [0.2, 0.25) is 0 Å². The first kappa shape index (κ1) is 24.4. The van der Waals surface area contributed by atoms with E-state index in [0.29, 0.717) is 25.7 Å². The van der Waals surface area contributed by atoms with Gasteiger partial charge in [0.2, 0.25) is 11.2 Å². The van der Waals surface area contributed by atoms with E-state index in [2.05, 4.69) is 0 Å². The van der Waals surface area contributed by atoms with Gasteiger partial charge in [0, 0.05) is 0 Å². The van der Waals surface area contributed by atoms with Crippen molar-refractivity contribution < 1.29 is 27.0 Å². The molecular weight excluding hydrogens is 404 g/mol. The molecule has 2 N–H and O–H groups in total. The summed E-state index contributed by atoms with van der Waals surface area (Å²) in [5, 5.41) is 20.1. The van der Waals surface area contributed by atoms with E-state index in [0.717, 1.165) is 37.8 Å². The Balaban J connectivity index is 3.29. The van der Waals surface area contributed by atoms with Gasteiger partial charge in [-0.1, -0.05) is 52.4 Å². The molecule has 7 nitrogen and oxygen atoms in total. The van der Waals surface area contributed by atoms with Crippen LogP contribution in [0, 0.1) is 0 Å². The van der Waals surface area contributed by atoms with Gasteiger partial charge in [0.05, 0.1) is 11.5 Å². The van der Waals surface area contributed by atoms with Crippen molar-refractivity contribution in [2.75, 3.05) is 11.5 Å². The Bertz CT molecular complexity index is 920. The Kier molecular flexibility index (Phi) is 9.43. The lowest BCUT2D eigenvalue weighted by molar-refractivity contribution is 0.391. The quantitative estimate of drug-likeness (QED) is 0.484. The Hall–Kier alpha value is -1.61. The predicted molar refractivity (Wildman–Crippen MR) is 108 cm³/mol. The van der Waals surface area contributed by atoms with Crippen molar-refractivity contribution in [1.29, 1.82) is 0 Å². The maximum Gasteiger partial charge on any atom is 0.242 e. The summed E-state index contributed by atoms with van der Waals surface area (Å²) in [5.41, 5.74) is -1.29. The van der Waals surface area contributed by atoms with Crippen molar-refractivity contribution in [3.05, 3.63) is 22.4 Å². The molecule has 1 rings (SSSR count). The number of sulfone groups is 2. The van der Waals surface area contributed by atoms with Gasteiger partial charge in [-0.2, -0.15) is 0 Å². The number of unbranched alkanes of at least 4 members (excludes halogenated alkanes) is 6. The average molecular weight is 435 g/mol. The minimum absolute atomic E-state index is 0.267. The van der Waals surface area contributed by atoms with E-state index in [4.69, 9.17) is 0 Å². The highest BCUT2D eigenvalue weighted by molar-refractivity contribution is 7.91. The zero-order chi connectivity index (χ0) is 21.4. The van der Waals surface area contributed by atoms with Crippen LogP contribution in [0.3, 0.4) is 0 Å². The van der Waals surface area contributed by atoms with Crippen LogP contribution in [0.1, 0.15) is 65.2 Å². The van der Waals surface area contributed by atoms with Crippen LogP contribution >= 0.6 is 0 Å². The van der Waals surface area contributed by atoms with E-state index < -0.39 is 46.4 Å². The number of rotatable bonds is 12. The standard InChI is InChI=1S/C19H30O7S2/c1-3-5-7-9-13-27(23,24)15-11-12-16(18(21)19(22)17(15)20)28(25,26)14-10-8-6-4-2/h11-12H,3-10,13-14H2,1-2H3,(H2,20,21,22). The lowest BCUT2D eigenvalue weighted by Crippen LogP contribution is -2.15. The summed E-state index contributed by atoms with van der Waals surface area (Å²) in [6.45, 7) is 3.96. The van der Waals surface area contributed by atoms with Crippen molar-refractivity contribution >= 4 is 19.7 Å². The molecule has 0 aliphatic carbocycles. The molecule has 9 heteroatoms. The molecule has 1 aromatic carbocycles. The molecule has 0 amide bonds. The van der Waals surface area contributed by atoms with Crippen LogP contribution in [0.15, 0.2) is 26.7 Å². The third kappa shape index (κ3) is 6.48. The third-order valence-electron chi connectivity index (χ3n) is 4.49. The summed E-state index contributed by atoms with van der Waals surface area (Å²) < 4.78 is 50.0. The molecule has 0 heterocycles. The zero-order valence-corrected chi connectivity index (χ0v) is 18.1. The Morgan fingerprint density at radius 1 is 0.679 bits per heavy atom. The minimum atomic E-state index is -4.02. The normalized spacial score (nSPS) is 12.2. The Labute approximate surface area is 167 Å².